The van der Waals surface area contributed by atoms with Crippen molar-refractivity contribution in [2.75, 3.05) is 6.61 Å². The molecule has 0 unspecified atom stereocenters. The molecule has 0 heterocycles. The molecule has 4 nitrogen and oxygen atoms in total. The second kappa shape index (κ2) is 7.97. The van der Waals surface area contributed by atoms with E-state index in [0.717, 1.165) is 24.8 Å². The highest BCUT2D eigenvalue weighted by Gasteiger charge is 2.35. The molecule has 1 aliphatic carbocycles. The second-order valence-corrected chi connectivity index (χ2v) is 5.90. The van der Waals surface area contributed by atoms with E-state index in [1.165, 1.54) is 0 Å². The van der Waals surface area contributed by atoms with E-state index in [1.807, 2.05) is 42.2 Å². The molecule has 22 heavy (non-hydrogen) atoms. The molecule has 4 heteroatoms. The summed E-state index contributed by atoms with van der Waals surface area (Å²) in [4.78, 5) is 25.8. The standard InChI is InChI=1S/C18H25NO3/c1-3-22-18(21)12-16-10-7-11-17(16)19(14(2)20)13-15-8-5-4-6-9-15/h4-6,8-9,16-17H,3,7,10-13H2,1-2H3/t16-,17+/m1/s1. The Kier molecular flexibility index (Phi) is 5.99. The SMILES string of the molecule is CCOC(=O)C[C@H]1CCC[C@@H]1N(Cc1ccccc1)C(C)=O. The lowest BCUT2D eigenvalue weighted by Crippen LogP contribution is -2.41. The topological polar surface area (TPSA) is 46.6 Å². The summed E-state index contributed by atoms with van der Waals surface area (Å²) in [6.45, 7) is 4.46. The first-order valence-corrected chi connectivity index (χ1v) is 8.08. The largest absolute Gasteiger partial charge is 0.466 e. The molecule has 1 amide bonds. The van der Waals surface area contributed by atoms with Crippen LogP contribution in [0.2, 0.25) is 0 Å². The zero-order valence-electron chi connectivity index (χ0n) is 13.5. The van der Waals surface area contributed by atoms with Gasteiger partial charge in [-0.05, 0) is 31.2 Å². The van der Waals surface area contributed by atoms with Crippen molar-refractivity contribution < 1.29 is 14.3 Å². The van der Waals surface area contributed by atoms with Gasteiger partial charge >= 0.3 is 5.97 Å². The van der Waals surface area contributed by atoms with Crippen molar-refractivity contribution in [2.24, 2.45) is 5.92 Å². The number of hydrogen-bond acceptors (Lipinski definition) is 3. The summed E-state index contributed by atoms with van der Waals surface area (Å²) in [5.41, 5.74) is 1.12. The first-order chi connectivity index (χ1) is 10.6. The Morgan fingerprint density at radius 3 is 2.59 bits per heavy atom. The zero-order chi connectivity index (χ0) is 15.9. The van der Waals surface area contributed by atoms with E-state index >= 15 is 0 Å². The predicted molar refractivity (Wildman–Crippen MR) is 85.0 cm³/mol. The molecule has 1 aromatic carbocycles. The maximum absolute atomic E-state index is 12.1. The maximum atomic E-state index is 12.1. The minimum atomic E-state index is -0.150. The highest BCUT2D eigenvalue weighted by atomic mass is 16.5. The molecule has 0 bridgehead atoms. The Bertz CT molecular complexity index is 500. The lowest BCUT2D eigenvalue weighted by molar-refractivity contribution is -0.145. The third kappa shape index (κ3) is 4.33. The number of benzene rings is 1. The van der Waals surface area contributed by atoms with E-state index in [2.05, 4.69) is 0 Å². The highest BCUT2D eigenvalue weighted by molar-refractivity contribution is 5.74. The van der Waals surface area contributed by atoms with Gasteiger partial charge in [-0.25, -0.2) is 0 Å². The molecule has 1 saturated carbocycles. The molecule has 1 aliphatic rings. The van der Waals surface area contributed by atoms with Crippen LogP contribution in [0.4, 0.5) is 0 Å². The second-order valence-electron chi connectivity index (χ2n) is 5.90. The van der Waals surface area contributed by atoms with Crippen molar-refractivity contribution in [1.82, 2.24) is 4.90 Å². The fourth-order valence-electron chi connectivity index (χ4n) is 3.34. The van der Waals surface area contributed by atoms with Crippen LogP contribution in [-0.4, -0.2) is 29.4 Å². The number of amides is 1. The summed E-state index contributed by atoms with van der Waals surface area (Å²) >= 11 is 0. The van der Waals surface area contributed by atoms with Gasteiger partial charge in [0, 0.05) is 19.5 Å². The van der Waals surface area contributed by atoms with Crippen molar-refractivity contribution in [2.45, 2.75) is 52.1 Å². The number of esters is 1. The summed E-state index contributed by atoms with van der Waals surface area (Å²) in [7, 11) is 0. The molecule has 0 N–H and O–H groups in total. The van der Waals surface area contributed by atoms with E-state index in [1.54, 1.807) is 6.92 Å². The molecular formula is C18H25NO3. The molecule has 120 valence electrons. The van der Waals surface area contributed by atoms with Crippen LogP contribution in [-0.2, 0) is 20.9 Å². The first kappa shape index (κ1) is 16.5. The molecule has 2 atom stereocenters. The van der Waals surface area contributed by atoms with Crippen molar-refractivity contribution in [1.29, 1.82) is 0 Å². The Morgan fingerprint density at radius 2 is 1.95 bits per heavy atom. The molecule has 0 aromatic heterocycles. The fraction of sp³-hybridized carbons (Fsp3) is 0.556. The molecule has 0 spiro atoms. The zero-order valence-corrected chi connectivity index (χ0v) is 13.5. The normalized spacial score (nSPS) is 20.6. The molecular weight excluding hydrogens is 278 g/mol. The Morgan fingerprint density at radius 1 is 1.23 bits per heavy atom. The quantitative estimate of drug-likeness (QED) is 0.758. The Labute approximate surface area is 132 Å². The molecule has 1 aromatic rings. The van der Waals surface area contributed by atoms with Crippen LogP contribution in [0.25, 0.3) is 0 Å². The van der Waals surface area contributed by atoms with Gasteiger partial charge in [-0.1, -0.05) is 36.8 Å². The van der Waals surface area contributed by atoms with Crippen LogP contribution in [0, 0.1) is 5.92 Å². The summed E-state index contributed by atoms with van der Waals surface area (Å²) < 4.78 is 5.07. The van der Waals surface area contributed by atoms with Crippen LogP contribution in [0.15, 0.2) is 30.3 Å². The van der Waals surface area contributed by atoms with Gasteiger partial charge in [0.15, 0.2) is 0 Å². The van der Waals surface area contributed by atoms with E-state index in [0.29, 0.717) is 19.6 Å². The first-order valence-electron chi connectivity index (χ1n) is 8.08. The van der Waals surface area contributed by atoms with Gasteiger partial charge in [-0.3, -0.25) is 9.59 Å². The minimum absolute atomic E-state index is 0.0737. The number of carbonyl (C=O) groups is 2. The summed E-state index contributed by atoms with van der Waals surface area (Å²) in [6.07, 6.45) is 3.43. The molecule has 0 aliphatic heterocycles. The number of ether oxygens (including phenoxy) is 1. The lowest BCUT2D eigenvalue weighted by atomic mass is 9.97. The van der Waals surface area contributed by atoms with E-state index in [9.17, 15) is 9.59 Å². The lowest BCUT2D eigenvalue weighted by Gasteiger charge is -2.32. The van der Waals surface area contributed by atoms with E-state index in [-0.39, 0.29) is 23.8 Å². The number of carbonyl (C=O) groups excluding carboxylic acids is 2. The summed E-state index contributed by atoms with van der Waals surface area (Å²) in [5.74, 6) is 0.138. The van der Waals surface area contributed by atoms with Crippen molar-refractivity contribution in [3.05, 3.63) is 35.9 Å². The van der Waals surface area contributed by atoms with Gasteiger partial charge in [0.05, 0.1) is 13.0 Å². The molecule has 0 radical (unpaired) electrons. The van der Waals surface area contributed by atoms with Crippen LogP contribution in [0.1, 0.15) is 45.1 Å². The van der Waals surface area contributed by atoms with Gasteiger partial charge in [0.2, 0.25) is 5.91 Å². The van der Waals surface area contributed by atoms with Gasteiger partial charge < -0.3 is 9.64 Å². The van der Waals surface area contributed by atoms with Crippen LogP contribution in [0.5, 0.6) is 0 Å². The summed E-state index contributed by atoms with van der Waals surface area (Å²) in [6, 6.07) is 10.1. The minimum Gasteiger partial charge on any atom is -0.466 e. The van der Waals surface area contributed by atoms with E-state index < -0.39 is 0 Å². The van der Waals surface area contributed by atoms with Crippen molar-refractivity contribution in [3.8, 4) is 0 Å². The monoisotopic (exact) mass is 303 g/mol. The van der Waals surface area contributed by atoms with Crippen molar-refractivity contribution in [3.63, 3.8) is 0 Å². The van der Waals surface area contributed by atoms with Gasteiger partial charge in [-0.15, -0.1) is 0 Å². The van der Waals surface area contributed by atoms with Crippen molar-refractivity contribution >= 4 is 11.9 Å². The number of rotatable bonds is 6. The highest BCUT2D eigenvalue weighted by Crippen LogP contribution is 2.33. The molecule has 0 saturated heterocycles. The molecule has 1 fully saturated rings. The number of nitrogens with zero attached hydrogens (tertiary/aromatic N) is 1. The van der Waals surface area contributed by atoms with Crippen LogP contribution < -0.4 is 0 Å². The third-order valence-corrected chi connectivity index (χ3v) is 4.35. The molecule has 2 rings (SSSR count). The average molecular weight is 303 g/mol. The van der Waals surface area contributed by atoms with Gasteiger partial charge in [0.25, 0.3) is 0 Å². The maximum Gasteiger partial charge on any atom is 0.306 e. The van der Waals surface area contributed by atoms with Crippen LogP contribution >= 0.6 is 0 Å². The summed E-state index contributed by atoms with van der Waals surface area (Å²) in [5, 5.41) is 0. The Hall–Kier alpha value is -1.84. The van der Waals surface area contributed by atoms with Crippen LogP contribution in [0.3, 0.4) is 0 Å². The fourth-order valence-corrected chi connectivity index (χ4v) is 3.34. The third-order valence-electron chi connectivity index (χ3n) is 4.35. The smallest absolute Gasteiger partial charge is 0.306 e. The van der Waals surface area contributed by atoms with Gasteiger partial charge in [-0.2, -0.15) is 0 Å². The van der Waals surface area contributed by atoms with Gasteiger partial charge in [0.1, 0.15) is 0 Å². The predicted octanol–water partition coefficient (Wildman–Crippen LogP) is 3.16. The number of hydrogen-bond donors (Lipinski definition) is 0. The van der Waals surface area contributed by atoms with E-state index in [4.69, 9.17) is 4.74 Å². The Balaban J connectivity index is 2.06. The average Bonchev–Trinajstić information content (AvgIpc) is 2.93.